The van der Waals surface area contributed by atoms with E-state index in [1.165, 1.54) is 25.7 Å². The van der Waals surface area contributed by atoms with E-state index in [-0.39, 0.29) is 17.7 Å². The summed E-state index contributed by atoms with van der Waals surface area (Å²) in [5.41, 5.74) is 0.876. The van der Waals surface area contributed by atoms with Crippen LogP contribution in [0.5, 0.6) is 5.75 Å². The van der Waals surface area contributed by atoms with Crippen molar-refractivity contribution in [1.82, 2.24) is 4.90 Å². The number of carbonyl (C=O) groups is 1. The van der Waals surface area contributed by atoms with Crippen LogP contribution in [-0.4, -0.2) is 31.5 Å². The standard InChI is InChI=1S/C20H31NO4S/c1-4-16(2)21(20(22)13-12-17-8-5-6-9-17)15-18-10-7-11-19(14-18)25-26(3,23)24/h7,10-11,14,16-17H,4-6,8-9,12-13,15H2,1-3H3/t16-/m1/s1. The van der Waals surface area contributed by atoms with Gasteiger partial charge in [0.15, 0.2) is 0 Å². The molecule has 0 aromatic heterocycles. The van der Waals surface area contributed by atoms with E-state index in [0.717, 1.165) is 24.7 Å². The number of nitrogens with zero attached hydrogens (tertiary/aromatic N) is 1. The molecule has 2 rings (SSSR count). The van der Waals surface area contributed by atoms with Crippen molar-refractivity contribution < 1.29 is 17.4 Å². The number of rotatable bonds is 9. The lowest BCUT2D eigenvalue weighted by atomic mass is 10.0. The lowest BCUT2D eigenvalue weighted by Gasteiger charge is -2.29. The van der Waals surface area contributed by atoms with E-state index >= 15 is 0 Å². The average molecular weight is 382 g/mol. The van der Waals surface area contributed by atoms with Gasteiger partial charge in [0, 0.05) is 19.0 Å². The molecule has 0 bridgehead atoms. The van der Waals surface area contributed by atoms with Crippen LogP contribution in [-0.2, 0) is 21.5 Å². The molecular weight excluding hydrogens is 350 g/mol. The Hall–Kier alpha value is -1.56. The van der Waals surface area contributed by atoms with Crippen LogP contribution in [0.4, 0.5) is 0 Å². The summed E-state index contributed by atoms with van der Waals surface area (Å²) in [5, 5.41) is 0. The molecule has 1 aliphatic rings. The zero-order valence-electron chi connectivity index (χ0n) is 16.1. The predicted molar refractivity (Wildman–Crippen MR) is 103 cm³/mol. The van der Waals surface area contributed by atoms with Gasteiger partial charge in [0.1, 0.15) is 5.75 Å². The molecule has 1 fully saturated rings. The van der Waals surface area contributed by atoms with E-state index in [9.17, 15) is 13.2 Å². The van der Waals surface area contributed by atoms with Gasteiger partial charge in [-0.15, -0.1) is 0 Å². The zero-order chi connectivity index (χ0) is 19.2. The molecule has 0 heterocycles. The fraction of sp³-hybridized carbons (Fsp3) is 0.650. The molecule has 0 aliphatic heterocycles. The minimum absolute atomic E-state index is 0.144. The van der Waals surface area contributed by atoms with Gasteiger partial charge >= 0.3 is 10.1 Å². The summed E-state index contributed by atoms with van der Waals surface area (Å²) in [5.74, 6) is 1.16. The summed E-state index contributed by atoms with van der Waals surface area (Å²) >= 11 is 0. The molecule has 0 radical (unpaired) electrons. The Morgan fingerprint density at radius 1 is 1.31 bits per heavy atom. The second-order valence-electron chi connectivity index (χ2n) is 7.40. The number of hydrogen-bond donors (Lipinski definition) is 0. The highest BCUT2D eigenvalue weighted by molar-refractivity contribution is 7.86. The van der Waals surface area contributed by atoms with Crippen molar-refractivity contribution >= 4 is 16.0 Å². The molecule has 1 aromatic rings. The molecule has 1 atom stereocenters. The molecule has 1 saturated carbocycles. The lowest BCUT2D eigenvalue weighted by Crippen LogP contribution is -2.37. The van der Waals surface area contributed by atoms with Gasteiger partial charge in [-0.1, -0.05) is 44.7 Å². The fourth-order valence-electron chi connectivity index (χ4n) is 3.55. The molecule has 0 spiro atoms. The number of amides is 1. The van der Waals surface area contributed by atoms with Gasteiger partial charge < -0.3 is 9.08 Å². The first-order chi connectivity index (χ1) is 12.3. The highest BCUT2D eigenvalue weighted by Gasteiger charge is 2.22. The smallest absolute Gasteiger partial charge is 0.306 e. The van der Waals surface area contributed by atoms with E-state index in [2.05, 4.69) is 13.8 Å². The summed E-state index contributed by atoms with van der Waals surface area (Å²) in [6.45, 7) is 4.61. The Bertz CT molecular complexity index is 696. The first-order valence-corrected chi connectivity index (χ1v) is 11.4. The van der Waals surface area contributed by atoms with Crippen molar-refractivity contribution in [2.45, 2.75) is 71.4 Å². The lowest BCUT2D eigenvalue weighted by molar-refractivity contribution is -0.134. The number of benzene rings is 1. The van der Waals surface area contributed by atoms with E-state index in [1.807, 2.05) is 11.0 Å². The van der Waals surface area contributed by atoms with E-state index < -0.39 is 10.1 Å². The van der Waals surface area contributed by atoms with Gasteiger partial charge in [0.2, 0.25) is 5.91 Å². The minimum atomic E-state index is -3.56. The first kappa shape index (κ1) is 20.7. The molecule has 0 saturated heterocycles. The van der Waals surface area contributed by atoms with Gasteiger partial charge in [0.25, 0.3) is 0 Å². The molecule has 146 valence electrons. The highest BCUT2D eigenvalue weighted by atomic mass is 32.2. The van der Waals surface area contributed by atoms with Crippen LogP contribution in [0.25, 0.3) is 0 Å². The summed E-state index contributed by atoms with van der Waals surface area (Å²) in [6.07, 6.45) is 8.56. The first-order valence-electron chi connectivity index (χ1n) is 9.56. The maximum absolute atomic E-state index is 12.8. The average Bonchev–Trinajstić information content (AvgIpc) is 3.09. The number of carbonyl (C=O) groups excluding carboxylic acids is 1. The van der Waals surface area contributed by atoms with Crippen LogP contribution in [0.15, 0.2) is 24.3 Å². The summed E-state index contributed by atoms with van der Waals surface area (Å²) in [6, 6.07) is 7.11. The molecule has 5 nitrogen and oxygen atoms in total. The van der Waals surface area contributed by atoms with Gasteiger partial charge in [0.05, 0.1) is 6.26 Å². The third kappa shape index (κ3) is 6.63. The van der Waals surface area contributed by atoms with Gasteiger partial charge in [-0.3, -0.25) is 4.79 Å². The van der Waals surface area contributed by atoms with Crippen molar-refractivity contribution in [2.24, 2.45) is 5.92 Å². The normalized spacial score (nSPS) is 16.4. The maximum atomic E-state index is 12.8. The van der Waals surface area contributed by atoms with Crippen molar-refractivity contribution in [3.63, 3.8) is 0 Å². The minimum Gasteiger partial charge on any atom is -0.383 e. The maximum Gasteiger partial charge on any atom is 0.306 e. The van der Waals surface area contributed by atoms with Gasteiger partial charge in [-0.05, 0) is 43.4 Å². The summed E-state index contributed by atoms with van der Waals surface area (Å²) in [7, 11) is -3.56. The molecular formula is C20H31NO4S. The van der Waals surface area contributed by atoms with E-state index in [1.54, 1.807) is 18.2 Å². The zero-order valence-corrected chi connectivity index (χ0v) is 16.9. The van der Waals surface area contributed by atoms with Gasteiger partial charge in [-0.2, -0.15) is 8.42 Å². The summed E-state index contributed by atoms with van der Waals surface area (Å²) in [4.78, 5) is 14.7. The Morgan fingerprint density at radius 2 is 2.00 bits per heavy atom. The molecule has 0 N–H and O–H groups in total. The molecule has 0 unspecified atom stereocenters. The Labute approximate surface area is 157 Å². The van der Waals surface area contributed by atoms with E-state index in [0.29, 0.717) is 18.9 Å². The van der Waals surface area contributed by atoms with E-state index in [4.69, 9.17) is 4.18 Å². The second kappa shape index (κ2) is 9.40. The van der Waals surface area contributed by atoms with Crippen LogP contribution in [0, 0.1) is 5.92 Å². The van der Waals surface area contributed by atoms with Crippen LogP contribution in [0.1, 0.15) is 64.4 Å². The van der Waals surface area contributed by atoms with Crippen molar-refractivity contribution in [2.75, 3.05) is 6.26 Å². The molecule has 1 aliphatic carbocycles. The fourth-order valence-corrected chi connectivity index (χ4v) is 4.00. The van der Waals surface area contributed by atoms with Crippen molar-refractivity contribution in [1.29, 1.82) is 0 Å². The number of hydrogen-bond acceptors (Lipinski definition) is 4. The molecule has 6 heteroatoms. The SMILES string of the molecule is CC[C@@H](C)N(Cc1cccc(OS(C)(=O)=O)c1)C(=O)CCC1CCCC1. The van der Waals surface area contributed by atoms with Gasteiger partial charge in [-0.25, -0.2) is 0 Å². The van der Waals surface area contributed by atoms with Crippen molar-refractivity contribution in [3.05, 3.63) is 29.8 Å². The molecule has 1 aromatic carbocycles. The Morgan fingerprint density at radius 3 is 2.62 bits per heavy atom. The third-order valence-corrected chi connectivity index (χ3v) is 5.68. The van der Waals surface area contributed by atoms with Crippen LogP contribution >= 0.6 is 0 Å². The topological polar surface area (TPSA) is 63.7 Å². The highest BCUT2D eigenvalue weighted by Crippen LogP contribution is 2.29. The van der Waals surface area contributed by atoms with Crippen LogP contribution in [0.2, 0.25) is 0 Å². The largest absolute Gasteiger partial charge is 0.383 e. The molecule has 26 heavy (non-hydrogen) atoms. The third-order valence-electron chi connectivity index (χ3n) is 5.18. The predicted octanol–water partition coefficient (Wildman–Crippen LogP) is 4.12. The Balaban J connectivity index is 2.04. The Kier molecular flexibility index (Phi) is 7.50. The van der Waals surface area contributed by atoms with Crippen LogP contribution < -0.4 is 4.18 Å². The second-order valence-corrected chi connectivity index (χ2v) is 8.98. The van der Waals surface area contributed by atoms with Crippen molar-refractivity contribution in [3.8, 4) is 5.75 Å². The van der Waals surface area contributed by atoms with Crippen LogP contribution in [0.3, 0.4) is 0 Å². The molecule has 1 amide bonds. The summed E-state index contributed by atoms with van der Waals surface area (Å²) < 4.78 is 27.6. The monoisotopic (exact) mass is 381 g/mol. The quantitative estimate of drug-likeness (QED) is 0.604.